The molecule has 3 N–H and O–H groups in total. The summed E-state index contributed by atoms with van der Waals surface area (Å²) in [5.74, 6) is 0.696. The molecule has 0 aliphatic rings. The van der Waals surface area contributed by atoms with Gasteiger partial charge in [-0.25, -0.2) is 9.97 Å². The number of anilines is 2. The van der Waals surface area contributed by atoms with Crippen molar-refractivity contribution in [2.24, 2.45) is 0 Å². The van der Waals surface area contributed by atoms with Crippen LogP contribution < -0.4 is 11.1 Å². The first-order valence-electron chi connectivity index (χ1n) is 6.59. The summed E-state index contributed by atoms with van der Waals surface area (Å²) in [5, 5.41) is 2.79. The van der Waals surface area contributed by atoms with Gasteiger partial charge in [-0.05, 0) is 37.1 Å². The van der Waals surface area contributed by atoms with Crippen molar-refractivity contribution in [3.63, 3.8) is 0 Å². The lowest BCUT2D eigenvalue weighted by Crippen LogP contribution is -2.15. The highest BCUT2D eigenvalue weighted by Gasteiger charge is 2.10. The van der Waals surface area contributed by atoms with E-state index in [2.05, 4.69) is 22.2 Å². The van der Waals surface area contributed by atoms with Crippen LogP contribution in [0.5, 0.6) is 0 Å². The Morgan fingerprint density at radius 3 is 2.90 bits per heavy atom. The zero-order valence-corrected chi connectivity index (χ0v) is 11.7. The molecule has 20 heavy (non-hydrogen) atoms. The Kier molecular flexibility index (Phi) is 4.30. The van der Waals surface area contributed by atoms with Crippen LogP contribution in [0.2, 0.25) is 0 Å². The number of rotatable bonds is 4. The van der Waals surface area contributed by atoms with Crippen LogP contribution >= 0.6 is 0 Å². The van der Waals surface area contributed by atoms with Crippen LogP contribution in [0, 0.1) is 6.92 Å². The number of hydrogen-bond donors (Lipinski definition) is 2. The average Bonchev–Trinajstić information content (AvgIpc) is 2.41. The van der Waals surface area contributed by atoms with Crippen LogP contribution in [-0.4, -0.2) is 15.9 Å². The molecule has 5 nitrogen and oxygen atoms in total. The minimum atomic E-state index is -0.224. The Hall–Kier alpha value is -2.43. The highest BCUT2D eigenvalue weighted by molar-refractivity contribution is 6.04. The van der Waals surface area contributed by atoms with Gasteiger partial charge in [-0.1, -0.05) is 19.4 Å². The highest BCUT2D eigenvalue weighted by atomic mass is 16.1. The number of nitrogens with zero attached hydrogens (tertiary/aromatic N) is 2. The first kappa shape index (κ1) is 14.0. The van der Waals surface area contributed by atoms with Crippen molar-refractivity contribution < 1.29 is 4.79 Å². The quantitative estimate of drug-likeness (QED) is 0.894. The fourth-order valence-electron chi connectivity index (χ4n) is 1.92. The van der Waals surface area contributed by atoms with Gasteiger partial charge in [-0.3, -0.25) is 4.79 Å². The molecule has 0 aliphatic carbocycles. The summed E-state index contributed by atoms with van der Waals surface area (Å²) in [7, 11) is 0. The number of nitrogens with one attached hydrogen (secondary N) is 1. The van der Waals surface area contributed by atoms with E-state index in [4.69, 9.17) is 5.73 Å². The maximum absolute atomic E-state index is 12.2. The summed E-state index contributed by atoms with van der Waals surface area (Å²) in [6.45, 7) is 3.95. The Morgan fingerprint density at radius 1 is 1.40 bits per heavy atom. The van der Waals surface area contributed by atoms with Crippen LogP contribution in [0.1, 0.15) is 35.0 Å². The fourth-order valence-corrected chi connectivity index (χ4v) is 1.92. The van der Waals surface area contributed by atoms with Gasteiger partial charge >= 0.3 is 0 Å². The molecule has 0 fully saturated rings. The van der Waals surface area contributed by atoms with E-state index in [0.717, 1.165) is 24.1 Å². The van der Waals surface area contributed by atoms with Crippen molar-refractivity contribution in [3.05, 3.63) is 47.3 Å². The molecule has 0 atom stereocenters. The zero-order chi connectivity index (χ0) is 14.5. The first-order chi connectivity index (χ1) is 9.60. The van der Waals surface area contributed by atoms with E-state index in [0.29, 0.717) is 17.2 Å². The van der Waals surface area contributed by atoms with Crippen LogP contribution in [0.15, 0.2) is 30.5 Å². The van der Waals surface area contributed by atoms with Crippen molar-refractivity contribution in [1.82, 2.24) is 9.97 Å². The van der Waals surface area contributed by atoms with E-state index in [1.165, 1.54) is 0 Å². The standard InChI is InChI=1S/C15H18N4O/c1-3-5-12-8-11(9-13(16)18-12)15(20)19-14-10(2)6-4-7-17-14/h4,6-9H,3,5H2,1-2H3,(H2,16,18)(H,17,19,20). The van der Waals surface area contributed by atoms with Gasteiger partial charge in [0.05, 0.1) is 0 Å². The molecular formula is C15H18N4O. The molecule has 1 amide bonds. The second kappa shape index (κ2) is 6.14. The van der Waals surface area contributed by atoms with Crippen LogP contribution in [-0.2, 0) is 6.42 Å². The lowest BCUT2D eigenvalue weighted by Gasteiger charge is -2.08. The van der Waals surface area contributed by atoms with Crippen LogP contribution in [0.25, 0.3) is 0 Å². The number of amides is 1. The minimum absolute atomic E-state index is 0.224. The lowest BCUT2D eigenvalue weighted by molar-refractivity contribution is 0.102. The van der Waals surface area contributed by atoms with E-state index >= 15 is 0 Å². The highest BCUT2D eigenvalue weighted by Crippen LogP contribution is 2.14. The van der Waals surface area contributed by atoms with Gasteiger partial charge in [0.15, 0.2) is 0 Å². The number of carbonyl (C=O) groups is 1. The van der Waals surface area contributed by atoms with E-state index < -0.39 is 0 Å². The predicted molar refractivity (Wildman–Crippen MR) is 79.6 cm³/mol. The maximum atomic E-state index is 12.2. The van der Waals surface area contributed by atoms with Gasteiger partial charge in [0.25, 0.3) is 5.91 Å². The monoisotopic (exact) mass is 270 g/mol. The molecule has 0 bridgehead atoms. The fraction of sp³-hybridized carbons (Fsp3) is 0.267. The zero-order valence-electron chi connectivity index (χ0n) is 11.7. The van der Waals surface area contributed by atoms with Gasteiger partial charge in [0, 0.05) is 17.5 Å². The summed E-state index contributed by atoms with van der Waals surface area (Å²) >= 11 is 0. The van der Waals surface area contributed by atoms with Crippen molar-refractivity contribution in [2.75, 3.05) is 11.1 Å². The van der Waals surface area contributed by atoms with Gasteiger partial charge < -0.3 is 11.1 Å². The minimum Gasteiger partial charge on any atom is -0.384 e. The largest absolute Gasteiger partial charge is 0.384 e. The third kappa shape index (κ3) is 3.32. The van der Waals surface area contributed by atoms with Crippen molar-refractivity contribution in [3.8, 4) is 0 Å². The Balaban J connectivity index is 2.23. The second-order valence-corrected chi connectivity index (χ2v) is 4.65. The molecule has 0 saturated heterocycles. The third-order valence-corrected chi connectivity index (χ3v) is 2.91. The molecule has 2 aromatic heterocycles. The first-order valence-corrected chi connectivity index (χ1v) is 6.59. The average molecular weight is 270 g/mol. The number of nitrogen functional groups attached to an aromatic ring is 1. The number of hydrogen-bond acceptors (Lipinski definition) is 4. The molecule has 0 saturated carbocycles. The molecule has 0 aromatic carbocycles. The van der Waals surface area contributed by atoms with Gasteiger partial charge in [0.2, 0.25) is 0 Å². The summed E-state index contributed by atoms with van der Waals surface area (Å²) in [5.41, 5.74) is 7.99. The number of aryl methyl sites for hydroxylation is 2. The molecule has 0 unspecified atom stereocenters. The van der Waals surface area contributed by atoms with Crippen molar-refractivity contribution in [1.29, 1.82) is 0 Å². The number of carbonyl (C=O) groups excluding carboxylic acids is 1. The lowest BCUT2D eigenvalue weighted by atomic mass is 10.1. The number of pyridine rings is 2. The smallest absolute Gasteiger partial charge is 0.257 e. The van der Waals surface area contributed by atoms with E-state index in [1.807, 2.05) is 19.1 Å². The number of nitrogens with two attached hydrogens (primary N) is 1. The number of aromatic nitrogens is 2. The summed E-state index contributed by atoms with van der Waals surface area (Å²) < 4.78 is 0. The second-order valence-electron chi connectivity index (χ2n) is 4.65. The topological polar surface area (TPSA) is 80.9 Å². The molecule has 2 heterocycles. The van der Waals surface area contributed by atoms with E-state index in [-0.39, 0.29) is 5.91 Å². The Labute approximate surface area is 118 Å². The van der Waals surface area contributed by atoms with E-state index in [1.54, 1.807) is 18.3 Å². The Bertz CT molecular complexity index is 625. The summed E-state index contributed by atoms with van der Waals surface area (Å²) in [6.07, 6.45) is 3.40. The third-order valence-electron chi connectivity index (χ3n) is 2.91. The predicted octanol–water partition coefficient (Wildman–Crippen LogP) is 2.57. The van der Waals surface area contributed by atoms with Gasteiger partial charge in [-0.2, -0.15) is 0 Å². The SMILES string of the molecule is CCCc1cc(C(=O)Nc2ncccc2C)cc(N)n1. The molecule has 2 rings (SSSR count). The van der Waals surface area contributed by atoms with Crippen molar-refractivity contribution in [2.45, 2.75) is 26.7 Å². The van der Waals surface area contributed by atoms with E-state index in [9.17, 15) is 4.79 Å². The molecule has 0 spiro atoms. The summed E-state index contributed by atoms with van der Waals surface area (Å²) in [4.78, 5) is 20.6. The molecule has 0 aliphatic heterocycles. The van der Waals surface area contributed by atoms with Gasteiger partial charge in [-0.15, -0.1) is 0 Å². The molecule has 104 valence electrons. The molecule has 2 aromatic rings. The molecule has 5 heteroatoms. The normalized spacial score (nSPS) is 10.3. The maximum Gasteiger partial charge on any atom is 0.257 e. The molecular weight excluding hydrogens is 252 g/mol. The van der Waals surface area contributed by atoms with Crippen LogP contribution in [0.3, 0.4) is 0 Å². The van der Waals surface area contributed by atoms with Crippen molar-refractivity contribution >= 4 is 17.5 Å². The van der Waals surface area contributed by atoms with Crippen LogP contribution in [0.4, 0.5) is 11.6 Å². The summed E-state index contributed by atoms with van der Waals surface area (Å²) in [6, 6.07) is 7.07. The molecule has 0 radical (unpaired) electrons. The Morgan fingerprint density at radius 2 is 2.20 bits per heavy atom. The van der Waals surface area contributed by atoms with Gasteiger partial charge in [0.1, 0.15) is 11.6 Å².